The van der Waals surface area contributed by atoms with E-state index in [0.717, 1.165) is 5.56 Å². The second-order valence-corrected chi connectivity index (χ2v) is 7.66. The third-order valence-corrected chi connectivity index (χ3v) is 4.52. The second-order valence-electron chi connectivity index (χ2n) is 7.66. The molecule has 8 nitrogen and oxygen atoms in total. The first-order valence-electron chi connectivity index (χ1n) is 10.0. The third-order valence-electron chi connectivity index (χ3n) is 4.52. The van der Waals surface area contributed by atoms with Crippen molar-refractivity contribution in [1.29, 1.82) is 0 Å². The van der Waals surface area contributed by atoms with Crippen LogP contribution in [0.3, 0.4) is 0 Å². The van der Waals surface area contributed by atoms with Crippen LogP contribution >= 0.6 is 0 Å². The van der Waals surface area contributed by atoms with Gasteiger partial charge in [-0.05, 0) is 35.6 Å². The summed E-state index contributed by atoms with van der Waals surface area (Å²) in [4.78, 5) is 36.6. The molecular weight excluding hydrogens is 400 g/mol. The number of benzene rings is 2. The van der Waals surface area contributed by atoms with E-state index in [1.807, 2.05) is 44.2 Å². The van der Waals surface area contributed by atoms with Crippen molar-refractivity contribution >= 4 is 18.0 Å². The molecule has 0 unspecified atom stereocenters. The molecule has 166 valence electrons. The summed E-state index contributed by atoms with van der Waals surface area (Å²) in [6.45, 7) is 3.84. The van der Waals surface area contributed by atoms with Crippen molar-refractivity contribution in [2.45, 2.75) is 45.4 Å². The minimum atomic E-state index is -1.20. The van der Waals surface area contributed by atoms with E-state index in [-0.39, 0.29) is 24.7 Å². The number of rotatable bonds is 10. The van der Waals surface area contributed by atoms with Gasteiger partial charge in [0.1, 0.15) is 24.4 Å². The van der Waals surface area contributed by atoms with Crippen molar-refractivity contribution in [2.75, 3.05) is 0 Å². The van der Waals surface area contributed by atoms with Crippen molar-refractivity contribution in [3.05, 3.63) is 65.7 Å². The molecule has 0 saturated carbocycles. The molecule has 2 atom stereocenters. The first-order valence-corrected chi connectivity index (χ1v) is 10.0. The number of phenolic OH excluding ortho intramolecular Hbond substituents is 1. The van der Waals surface area contributed by atoms with Crippen LogP contribution < -0.4 is 10.6 Å². The van der Waals surface area contributed by atoms with Crippen LogP contribution in [-0.4, -0.2) is 40.3 Å². The van der Waals surface area contributed by atoms with Crippen LogP contribution in [0.25, 0.3) is 0 Å². The van der Waals surface area contributed by atoms with Crippen LogP contribution in [0.2, 0.25) is 0 Å². The molecule has 2 amide bonds. The largest absolute Gasteiger partial charge is 0.508 e. The molecule has 0 aliphatic carbocycles. The van der Waals surface area contributed by atoms with Crippen LogP contribution in [0, 0.1) is 5.92 Å². The highest BCUT2D eigenvalue weighted by Gasteiger charge is 2.27. The Morgan fingerprint density at radius 3 is 2.13 bits per heavy atom. The van der Waals surface area contributed by atoms with E-state index in [1.54, 1.807) is 12.1 Å². The van der Waals surface area contributed by atoms with Gasteiger partial charge < -0.3 is 25.6 Å². The lowest BCUT2D eigenvalue weighted by Gasteiger charge is -2.22. The number of aromatic hydroxyl groups is 1. The molecule has 0 spiro atoms. The number of carbonyl (C=O) groups is 3. The Bertz CT molecular complexity index is 867. The lowest BCUT2D eigenvalue weighted by atomic mass is 10.0. The normalized spacial score (nSPS) is 12.6. The van der Waals surface area contributed by atoms with Crippen molar-refractivity contribution in [3.8, 4) is 5.75 Å². The van der Waals surface area contributed by atoms with E-state index < -0.39 is 30.1 Å². The van der Waals surface area contributed by atoms with E-state index in [0.29, 0.717) is 12.0 Å². The average Bonchev–Trinajstić information content (AvgIpc) is 2.73. The lowest BCUT2D eigenvalue weighted by Crippen LogP contribution is -2.52. The fourth-order valence-electron chi connectivity index (χ4n) is 2.95. The number of carboxylic acids is 1. The Morgan fingerprint density at radius 2 is 1.55 bits per heavy atom. The molecule has 2 aromatic carbocycles. The number of carboxylic acid groups (broad SMARTS) is 1. The van der Waals surface area contributed by atoms with Gasteiger partial charge in [-0.15, -0.1) is 0 Å². The summed E-state index contributed by atoms with van der Waals surface area (Å²) < 4.78 is 5.18. The zero-order valence-corrected chi connectivity index (χ0v) is 17.6. The lowest BCUT2D eigenvalue weighted by molar-refractivity contribution is -0.142. The number of ether oxygens (including phenoxy) is 1. The molecule has 2 aromatic rings. The summed E-state index contributed by atoms with van der Waals surface area (Å²) in [6, 6.07) is 13.1. The van der Waals surface area contributed by atoms with Crippen molar-refractivity contribution in [1.82, 2.24) is 10.6 Å². The molecule has 0 aromatic heterocycles. The maximum absolute atomic E-state index is 12.8. The number of hydrogen-bond donors (Lipinski definition) is 4. The van der Waals surface area contributed by atoms with Crippen LogP contribution in [0.1, 0.15) is 31.4 Å². The number of amides is 2. The summed E-state index contributed by atoms with van der Waals surface area (Å²) in [5.74, 6) is -1.66. The minimum absolute atomic E-state index is 0.0359. The zero-order valence-electron chi connectivity index (χ0n) is 17.6. The molecule has 0 bridgehead atoms. The molecule has 2 rings (SSSR count). The second kappa shape index (κ2) is 11.6. The van der Waals surface area contributed by atoms with Gasteiger partial charge in [0.15, 0.2) is 0 Å². The Kier molecular flexibility index (Phi) is 8.87. The molecule has 0 radical (unpaired) electrons. The smallest absolute Gasteiger partial charge is 0.408 e. The summed E-state index contributed by atoms with van der Waals surface area (Å²) >= 11 is 0. The van der Waals surface area contributed by atoms with Crippen molar-refractivity contribution in [3.63, 3.8) is 0 Å². The molecule has 8 heteroatoms. The summed E-state index contributed by atoms with van der Waals surface area (Å²) in [5.41, 5.74) is 1.45. The van der Waals surface area contributed by atoms with Gasteiger partial charge >= 0.3 is 12.1 Å². The van der Waals surface area contributed by atoms with Gasteiger partial charge in [-0.2, -0.15) is 0 Å². The number of nitrogens with one attached hydrogen (secondary N) is 2. The van der Waals surface area contributed by atoms with Crippen molar-refractivity contribution < 1.29 is 29.3 Å². The molecule has 4 N–H and O–H groups in total. The fraction of sp³-hybridized carbons (Fsp3) is 0.348. The number of phenols is 1. The van der Waals surface area contributed by atoms with Gasteiger partial charge in [-0.3, -0.25) is 4.79 Å². The summed E-state index contributed by atoms with van der Waals surface area (Å²) in [6.07, 6.45) is -0.401. The fourth-order valence-corrected chi connectivity index (χ4v) is 2.95. The van der Waals surface area contributed by atoms with Crippen molar-refractivity contribution in [2.24, 2.45) is 5.92 Å². The molecular formula is C23H28N2O6. The predicted molar refractivity (Wildman–Crippen MR) is 114 cm³/mol. The van der Waals surface area contributed by atoms with Gasteiger partial charge in [-0.1, -0.05) is 56.3 Å². The topological polar surface area (TPSA) is 125 Å². The highest BCUT2D eigenvalue weighted by atomic mass is 16.5. The SMILES string of the molecule is CC(C)C[C@@H](NC(=O)OCc1ccccc1)C(=O)N[C@@H](Cc1ccc(O)cc1)C(=O)O. The third kappa shape index (κ3) is 8.38. The highest BCUT2D eigenvalue weighted by Crippen LogP contribution is 2.12. The van der Waals surface area contributed by atoms with Gasteiger partial charge in [0, 0.05) is 6.42 Å². The first kappa shape index (κ1) is 23.7. The van der Waals surface area contributed by atoms with E-state index in [9.17, 15) is 24.6 Å². The van der Waals surface area contributed by atoms with Crippen LogP contribution in [-0.2, 0) is 27.4 Å². The van der Waals surface area contributed by atoms with Gasteiger partial charge in [0.05, 0.1) is 0 Å². The molecule has 0 fully saturated rings. The summed E-state index contributed by atoms with van der Waals surface area (Å²) in [7, 11) is 0. The number of hydrogen-bond acceptors (Lipinski definition) is 5. The number of aliphatic carboxylic acids is 1. The number of carbonyl (C=O) groups excluding carboxylic acids is 2. The monoisotopic (exact) mass is 428 g/mol. The van der Waals surface area contributed by atoms with Crippen LogP contribution in [0.4, 0.5) is 4.79 Å². The molecule has 31 heavy (non-hydrogen) atoms. The standard InChI is InChI=1S/C23H28N2O6/c1-15(2)12-19(25-23(30)31-14-17-6-4-3-5-7-17)21(27)24-20(22(28)29)13-16-8-10-18(26)11-9-16/h3-11,15,19-20,26H,12-14H2,1-2H3,(H,24,27)(H,25,30)(H,28,29)/t19-,20+/m1/s1. The minimum Gasteiger partial charge on any atom is -0.508 e. The maximum Gasteiger partial charge on any atom is 0.408 e. The predicted octanol–water partition coefficient (Wildman–Crippen LogP) is 2.85. The molecule has 0 saturated heterocycles. The molecule has 0 heterocycles. The Hall–Kier alpha value is -3.55. The Labute approximate surface area is 181 Å². The van der Waals surface area contributed by atoms with Gasteiger partial charge in [-0.25, -0.2) is 9.59 Å². The van der Waals surface area contributed by atoms with Crippen LogP contribution in [0.15, 0.2) is 54.6 Å². The van der Waals surface area contributed by atoms with E-state index in [2.05, 4.69) is 10.6 Å². The first-order chi connectivity index (χ1) is 14.7. The Morgan fingerprint density at radius 1 is 0.903 bits per heavy atom. The molecule has 0 aliphatic rings. The summed E-state index contributed by atoms with van der Waals surface area (Å²) in [5, 5.41) is 23.9. The number of alkyl carbamates (subject to hydrolysis) is 1. The molecule has 0 aliphatic heterocycles. The van der Waals surface area contributed by atoms with E-state index in [4.69, 9.17) is 4.74 Å². The quantitative estimate of drug-likeness (QED) is 0.461. The van der Waals surface area contributed by atoms with Gasteiger partial charge in [0.2, 0.25) is 5.91 Å². The van der Waals surface area contributed by atoms with E-state index in [1.165, 1.54) is 12.1 Å². The average molecular weight is 428 g/mol. The van der Waals surface area contributed by atoms with Crippen LogP contribution in [0.5, 0.6) is 5.75 Å². The van der Waals surface area contributed by atoms with Gasteiger partial charge in [0.25, 0.3) is 0 Å². The zero-order chi connectivity index (χ0) is 22.8. The van der Waals surface area contributed by atoms with E-state index >= 15 is 0 Å². The maximum atomic E-state index is 12.8. The highest BCUT2D eigenvalue weighted by molar-refractivity contribution is 5.89. The Balaban J connectivity index is 1.99.